The molecule has 0 amide bonds. The van der Waals surface area contributed by atoms with E-state index in [1.807, 2.05) is 4.90 Å². The Bertz CT molecular complexity index is 1110. The van der Waals surface area contributed by atoms with Crippen LogP contribution in [0.15, 0.2) is 48.6 Å². The number of hydrogen-bond donors (Lipinski definition) is 2. The molecule has 1 unspecified atom stereocenters. The van der Waals surface area contributed by atoms with Crippen molar-refractivity contribution in [3.8, 4) is 11.5 Å². The molecule has 1 fully saturated rings. The van der Waals surface area contributed by atoms with Crippen LogP contribution in [0.2, 0.25) is 0 Å². The fourth-order valence-corrected chi connectivity index (χ4v) is 3.27. The molecular weight excluding hydrogens is 399 g/mol. The van der Waals surface area contributed by atoms with Crippen LogP contribution in [0.4, 0.5) is 19.0 Å². The van der Waals surface area contributed by atoms with Gasteiger partial charge in [-0.3, -0.25) is 4.40 Å². The molecule has 1 aliphatic rings. The van der Waals surface area contributed by atoms with Crippen molar-refractivity contribution in [2.24, 2.45) is 5.73 Å². The van der Waals surface area contributed by atoms with Gasteiger partial charge in [-0.2, -0.15) is 13.2 Å². The number of pyridine rings is 1. The van der Waals surface area contributed by atoms with E-state index in [1.54, 1.807) is 12.3 Å². The molecule has 3 N–H and O–H groups in total. The molecule has 3 aromatic rings. The number of nitrogens with two attached hydrogens (primary N) is 1. The highest BCUT2D eigenvalue weighted by Gasteiger charge is 2.31. The van der Waals surface area contributed by atoms with Crippen molar-refractivity contribution < 1.29 is 17.9 Å². The van der Waals surface area contributed by atoms with Crippen LogP contribution in [0.1, 0.15) is 5.56 Å². The van der Waals surface area contributed by atoms with Crippen LogP contribution in [0, 0.1) is 5.41 Å². The summed E-state index contributed by atoms with van der Waals surface area (Å²) < 4.78 is 46.3. The summed E-state index contributed by atoms with van der Waals surface area (Å²) in [6.07, 6.45) is 1.63. The molecule has 0 bridgehead atoms. The zero-order valence-corrected chi connectivity index (χ0v) is 15.7. The first-order valence-corrected chi connectivity index (χ1v) is 9.07. The quantitative estimate of drug-likeness (QED) is 0.632. The molecule has 0 radical (unpaired) electrons. The Hall–Kier alpha value is -3.47. The van der Waals surface area contributed by atoms with Gasteiger partial charge in [-0.25, -0.2) is 15.0 Å². The zero-order chi connectivity index (χ0) is 21.3. The van der Waals surface area contributed by atoms with Gasteiger partial charge >= 0.3 is 6.18 Å². The molecule has 1 atom stereocenters. The maximum atomic E-state index is 13.1. The molecule has 11 heteroatoms. The molecule has 1 saturated heterocycles. The van der Waals surface area contributed by atoms with Crippen LogP contribution in [-0.4, -0.2) is 51.4 Å². The number of nitrogens with one attached hydrogen (secondary N) is 1. The minimum atomic E-state index is -4.47. The first-order chi connectivity index (χ1) is 14.4. The molecule has 0 spiro atoms. The third-order valence-electron chi connectivity index (χ3n) is 4.82. The molecule has 30 heavy (non-hydrogen) atoms. The van der Waals surface area contributed by atoms with Gasteiger partial charge in [0.1, 0.15) is 23.3 Å². The third-order valence-corrected chi connectivity index (χ3v) is 4.82. The van der Waals surface area contributed by atoms with Crippen LogP contribution in [-0.2, 0) is 10.9 Å². The van der Waals surface area contributed by atoms with Gasteiger partial charge in [-0.1, -0.05) is 0 Å². The molecule has 0 aromatic carbocycles. The van der Waals surface area contributed by atoms with Gasteiger partial charge in [0, 0.05) is 43.5 Å². The van der Waals surface area contributed by atoms with Gasteiger partial charge in [0.05, 0.1) is 18.4 Å². The van der Waals surface area contributed by atoms with Gasteiger partial charge in [0.15, 0.2) is 5.82 Å². The summed E-state index contributed by atoms with van der Waals surface area (Å²) in [5, 5.41) is 7.45. The number of hydrogen-bond acceptors (Lipinski definition) is 7. The Labute approximate surface area is 169 Å². The number of rotatable bonds is 4. The molecule has 3 aromatic heterocycles. The number of alkyl halides is 3. The Morgan fingerprint density at radius 1 is 1.27 bits per heavy atom. The minimum Gasteiger partial charge on any atom is -0.404 e. The van der Waals surface area contributed by atoms with Gasteiger partial charge < -0.3 is 20.8 Å². The van der Waals surface area contributed by atoms with Gasteiger partial charge in [0.2, 0.25) is 0 Å². The second-order valence-electron chi connectivity index (χ2n) is 6.64. The Kier molecular flexibility index (Phi) is 5.12. The Morgan fingerprint density at radius 2 is 2.10 bits per heavy atom. The standard InChI is InChI=1S/C19H18F3N7O/c20-19(21,22)13-1-2-16-26-9-14(29(16)10-13)18-25-4-3-17(27-18)28-5-6-30-15(11-28)12(7-23)8-24/h1-4,7-10,15,23H,5-6,11,24H2/b12-8+,23-7?. The molecule has 1 aliphatic heterocycles. The predicted octanol–water partition coefficient (Wildman–Crippen LogP) is 2.51. The van der Waals surface area contributed by atoms with E-state index in [4.69, 9.17) is 15.9 Å². The maximum absolute atomic E-state index is 13.1. The highest BCUT2D eigenvalue weighted by molar-refractivity contribution is 5.77. The van der Waals surface area contributed by atoms with E-state index in [9.17, 15) is 13.2 Å². The normalized spacial score (nSPS) is 18.0. The lowest BCUT2D eigenvalue weighted by Gasteiger charge is -2.34. The Balaban J connectivity index is 1.68. The van der Waals surface area contributed by atoms with E-state index in [0.29, 0.717) is 42.4 Å². The van der Waals surface area contributed by atoms with E-state index >= 15 is 0 Å². The zero-order valence-electron chi connectivity index (χ0n) is 15.7. The van der Waals surface area contributed by atoms with Gasteiger partial charge in [-0.15, -0.1) is 0 Å². The second kappa shape index (κ2) is 7.75. The summed E-state index contributed by atoms with van der Waals surface area (Å²) in [5.41, 5.74) is 6.04. The van der Waals surface area contributed by atoms with Crippen LogP contribution in [0.3, 0.4) is 0 Å². The van der Waals surface area contributed by atoms with Gasteiger partial charge in [-0.05, 0) is 18.2 Å². The molecule has 8 nitrogen and oxygen atoms in total. The summed E-state index contributed by atoms with van der Waals surface area (Å²) in [6, 6.07) is 4.01. The van der Waals surface area contributed by atoms with E-state index in [2.05, 4.69) is 15.0 Å². The van der Waals surface area contributed by atoms with Crippen molar-refractivity contribution in [2.45, 2.75) is 12.3 Å². The lowest BCUT2D eigenvalue weighted by molar-refractivity contribution is -0.137. The number of anilines is 1. The largest absolute Gasteiger partial charge is 0.417 e. The molecule has 156 valence electrons. The van der Waals surface area contributed by atoms with E-state index in [0.717, 1.165) is 18.5 Å². The average Bonchev–Trinajstić information content (AvgIpc) is 3.18. The minimum absolute atomic E-state index is 0.254. The SMILES string of the molecule is N=C/C(=C\N)C1CN(c2ccnc(-c3cnc4ccc(C(F)(F)F)cn34)n2)CCO1. The number of ether oxygens (including phenoxy) is 1. The van der Waals surface area contributed by atoms with Crippen molar-refractivity contribution in [1.29, 1.82) is 5.41 Å². The first-order valence-electron chi connectivity index (χ1n) is 9.07. The smallest absolute Gasteiger partial charge is 0.404 e. The summed E-state index contributed by atoms with van der Waals surface area (Å²) >= 11 is 0. The van der Waals surface area contributed by atoms with Crippen LogP contribution in [0.25, 0.3) is 17.2 Å². The Morgan fingerprint density at radius 3 is 2.83 bits per heavy atom. The predicted molar refractivity (Wildman–Crippen MR) is 104 cm³/mol. The molecular formula is C19H18F3N7O. The summed E-state index contributed by atoms with van der Waals surface area (Å²) in [4.78, 5) is 14.9. The van der Waals surface area contributed by atoms with Crippen molar-refractivity contribution in [2.75, 3.05) is 24.6 Å². The fourth-order valence-electron chi connectivity index (χ4n) is 3.27. The monoisotopic (exact) mass is 417 g/mol. The number of aromatic nitrogens is 4. The number of morpholine rings is 1. The summed E-state index contributed by atoms with van der Waals surface area (Å²) in [5.74, 6) is 0.848. The highest BCUT2D eigenvalue weighted by atomic mass is 19.4. The number of nitrogens with zero attached hydrogens (tertiary/aromatic N) is 5. The number of fused-ring (bicyclic) bond motifs is 1. The van der Waals surface area contributed by atoms with E-state index in [-0.39, 0.29) is 11.9 Å². The molecule has 4 rings (SSSR count). The maximum Gasteiger partial charge on any atom is 0.417 e. The fraction of sp³-hybridized carbons (Fsp3) is 0.263. The molecule has 4 heterocycles. The topological polar surface area (TPSA) is 105 Å². The van der Waals surface area contributed by atoms with Gasteiger partial charge in [0.25, 0.3) is 0 Å². The number of halogens is 3. The number of imidazole rings is 1. The second-order valence-corrected chi connectivity index (χ2v) is 6.64. The highest BCUT2D eigenvalue weighted by Crippen LogP contribution is 2.30. The van der Waals surface area contributed by atoms with Crippen molar-refractivity contribution in [1.82, 2.24) is 19.4 Å². The van der Waals surface area contributed by atoms with Crippen LogP contribution < -0.4 is 10.6 Å². The van der Waals surface area contributed by atoms with Crippen LogP contribution in [0.5, 0.6) is 0 Å². The van der Waals surface area contributed by atoms with E-state index in [1.165, 1.54) is 22.9 Å². The lowest BCUT2D eigenvalue weighted by Crippen LogP contribution is -2.44. The van der Waals surface area contributed by atoms with Crippen molar-refractivity contribution in [3.05, 3.63) is 54.1 Å². The average molecular weight is 417 g/mol. The van der Waals surface area contributed by atoms with Crippen molar-refractivity contribution in [3.63, 3.8) is 0 Å². The lowest BCUT2D eigenvalue weighted by atomic mass is 10.1. The summed E-state index contributed by atoms with van der Waals surface area (Å²) in [6.45, 7) is 1.41. The van der Waals surface area contributed by atoms with E-state index < -0.39 is 11.7 Å². The molecule has 0 saturated carbocycles. The molecule has 0 aliphatic carbocycles. The first kappa shape index (κ1) is 19.8. The summed E-state index contributed by atoms with van der Waals surface area (Å²) in [7, 11) is 0. The van der Waals surface area contributed by atoms with Crippen LogP contribution >= 0.6 is 0 Å². The third kappa shape index (κ3) is 3.71. The van der Waals surface area contributed by atoms with Crippen molar-refractivity contribution >= 4 is 17.7 Å².